The van der Waals surface area contributed by atoms with Crippen molar-refractivity contribution in [2.45, 2.75) is 25.8 Å². The monoisotopic (exact) mass is 237 g/mol. The first-order valence-electron chi connectivity index (χ1n) is 6.02. The Balaban J connectivity index is 2.22. The van der Waals surface area contributed by atoms with Crippen molar-refractivity contribution in [3.63, 3.8) is 0 Å². The van der Waals surface area contributed by atoms with Gasteiger partial charge >= 0.3 is 5.97 Å². The van der Waals surface area contributed by atoms with E-state index in [1.54, 1.807) is 6.92 Å². The van der Waals surface area contributed by atoms with Crippen molar-refractivity contribution in [3.05, 3.63) is 0 Å². The van der Waals surface area contributed by atoms with Crippen LogP contribution in [0.5, 0.6) is 0 Å². The average molecular weight is 237 g/mol. The van der Waals surface area contributed by atoms with Crippen molar-refractivity contribution in [2.75, 3.05) is 13.2 Å². The Morgan fingerprint density at radius 2 is 2.24 bits per heavy atom. The highest BCUT2D eigenvalue weighted by Crippen LogP contribution is 2.40. The molecule has 1 heterocycles. The zero-order chi connectivity index (χ0) is 12.6. The Bertz CT molecular complexity index is 370. The molecule has 2 aliphatic rings. The molecule has 0 spiro atoms. The molecule has 0 aromatic heterocycles. The van der Waals surface area contributed by atoms with Crippen LogP contribution in [0.2, 0.25) is 0 Å². The molecule has 17 heavy (non-hydrogen) atoms. The van der Waals surface area contributed by atoms with Crippen molar-refractivity contribution >= 4 is 25.4 Å². The fourth-order valence-corrected chi connectivity index (χ4v) is 2.96. The van der Waals surface area contributed by atoms with Crippen LogP contribution in [0.4, 0.5) is 4.79 Å². The summed E-state index contributed by atoms with van der Waals surface area (Å²) in [5.74, 6) is -0.554. The molecule has 5 nitrogen and oxygen atoms in total. The Labute approximate surface area is 101 Å². The molecule has 3 atom stereocenters. The van der Waals surface area contributed by atoms with Crippen LogP contribution < -0.4 is 0 Å². The van der Waals surface area contributed by atoms with Crippen LogP contribution in [0.1, 0.15) is 19.8 Å². The fourth-order valence-electron chi connectivity index (χ4n) is 2.96. The third kappa shape index (κ3) is 1.96. The standard InChI is InChI=1S/C11H16BNO4/c1-2-17-10(15)9-6-3-4-8(14)7(6)5-13(9)11(12)16/h6-7,9H,2-5,12H2,1H3/t6-,7-,9-/m0/s1. The van der Waals surface area contributed by atoms with Gasteiger partial charge in [-0.2, -0.15) is 0 Å². The number of carbonyl (C=O) groups excluding carboxylic acids is 3. The second kappa shape index (κ2) is 4.51. The minimum atomic E-state index is -0.552. The normalized spacial score (nSPS) is 31.5. The fraction of sp³-hybridized carbons (Fsp3) is 0.727. The number of Topliss-reactive ketones (excluding diaryl/α,β-unsaturated/α-hetero) is 1. The molecule has 0 unspecified atom stereocenters. The van der Waals surface area contributed by atoms with Crippen molar-refractivity contribution in [3.8, 4) is 0 Å². The van der Waals surface area contributed by atoms with Gasteiger partial charge < -0.3 is 9.64 Å². The zero-order valence-electron chi connectivity index (χ0n) is 10.1. The number of amides is 1. The number of likely N-dealkylation sites (tertiary alicyclic amines) is 1. The van der Waals surface area contributed by atoms with Crippen molar-refractivity contribution in [1.29, 1.82) is 0 Å². The molecule has 6 heteroatoms. The van der Waals surface area contributed by atoms with Crippen molar-refractivity contribution < 1.29 is 19.1 Å². The first kappa shape index (κ1) is 12.1. The van der Waals surface area contributed by atoms with Crippen LogP contribution >= 0.6 is 0 Å². The highest BCUT2D eigenvalue weighted by Gasteiger charge is 2.52. The molecule has 0 radical (unpaired) electrons. The molecular weight excluding hydrogens is 221 g/mol. The molecule has 1 aliphatic carbocycles. The van der Waals surface area contributed by atoms with Crippen LogP contribution in [-0.4, -0.2) is 49.5 Å². The summed E-state index contributed by atoms with van der Waals surface area (Å²) in [6.45, 7) is 2.41. The molecule has 0 bridgehead atoms. The van der Waals surface area contributed by atoms with Gasteiger partial charge in [0.2, 0.25) is 7.85 Å². The zero-order valence-corrected chi connectivity index (χ0v) is 10.1. The number of carbonyl (C=O) groups is 3. The molecule has 2 rings (SSSR count). The number of hydrogen-bond acceptors (Lipinski definition) is 4. The van der Waals surface area contributed by atoms with E-state index in [4.69, 9.17) is 4.74 Å². The van der Waals surface area contributed by atoms with Gasteiger partial charge in [-0.3, -0.25) is 9.59 Å². The largest absolute Gasteiger partial charge is 0.464 e. The summed E-state index contributed by atoms with van der Waals surface area (Å²) in [6.07, 6.45) is 1.22. The lowest BCUT2D eigenvalue weighted by molar-refractivity contribution is -0.148. The van der Waals surface area contributed by atoms with Gasteiger partial charge in [-0.25, -0.2) is 4.79 Å². The minimum Gasteiger partial charge on any atom is -0.464 e. The van der Waals surface area contributed by atoms with E-state index in [2.05, 4.69) is 0 Å². The van der Waals surface area contributed by atoms with E-state index in [1.807, 2.05) is 0 Å². The quantitative estimate of drug-likeness (QED) is 0.483. The van der Waals surface area contributed by atoms with Crippen LogP contribution in [0.3, 0.4) is 0 Å². The number of ether oxygens (including phenoxy) is 1. The van der Waals surface area contributed by atoms with Crippen LogP contribution in [0, 0.1) is 11.8 Å². The Kier molecular flexibility index (Phi) is 3.22. The van der Waals surface area contributed by atoms with Gasteiger partial charge in [-0.05, 0) is 13.3 Å². The summed E-state index contributed by atoms with van der Waals surface area (Å²) >= 11 is 0. The summed E-state index contributed by atoms with van der Waals surface area (Å²) in [4.78, 5) is 36.5. The van der Waals surface area contributed by atoms with Gasteiger partial charge in [-0.1, -0.05) is 0 Å². The smallest absolute Gasteiger partial charge is 0.329 e. The minimum absolute atomic E-state index is 0.0366. The summed E-state index contributed by atoms with van der Waals surface area (Å²) in [6, 6.07) is -0.552. The summed E-state index contributed by atoms with van der Waals surface area (Å²) in [7, 11) is 1.43. The first-order valence-corrected chi connectivity index (χ1v) is 6.02. The molecule has 0 aromatic rings. The van der Waals surface area contributed by atoms with E-state index in [-0.39, 0.29) is 29.4 Å². The molecule has 92 valence electrons. The molecular formula is C11H16BNO4. The van der Waals surface area contributed by atoms with Gasteiger partial charge in [0.25, 0.3) is 0 Å². The van der Waals surface area contributed by atoms with Crippen molar-refractivity contribution in [1.82, 2.24) is 4.90 Å². The number of nitrogens with zero attached hydrogens (tertiary/aromatic N) is 1. The molecule has 2 fully saturated rings. The lowest BCUT2D eigenvalue weighted by Gasteiger charge is -2.25. The van der Waals surface area contributed by atoms with E-state index in [1.165, 1.54) is 12.7 Å². The van der Waals surface area contributed by atoms with Gasteiger partial charge in [0.05, 0.1) is 6.61 Å². The number of ketones is 1. The van der Waals surface area contributed by atoms with E-state index in [9.17, 15) is 14.4 Å². The molecule has 1 aliphatic heterocycles. The highest BCUT2D eigenvalue weighted by atomic mass is 16.5. The van der Waals surface area contributed by atoms with E-state index < -0.39 is 6.04 Å². The summed E-state index contributed by atoms with van der Waals surface area (Å²) < 4.78 is 5.01. The first-order chi connectivity index (χ1) is 8.06. The maximum Gasteiger partial charge on any atom is 0.329 e. The predicted molar refractivity (Wildman–Crippen MR) is 62.3 cm³/mol. The van der Waals surface area contributed by atoms with E-state index >= 15 is 0 Å². The third-order valence-corrected chi connectivity index (χ3v) is 3.72. The third-order valence-electron chi connectivity index (χ3n) is 3.72. The number of esters is 1. The number of hydrogen-bond donors (Lipinski definition) is 0. The highest BCUT2D eigenvalue weighted by molar-refractivity contribution is 6.57. The van der Waals surface area contributed by atoms with E-state index in [0.717, 1.165) is 0 Å². The summed E-state index contributed by atoms with van der Waals surface area (Å²) in [5.41, 5.74) is 0. The maximum atomic E-state index is 11.9. The Morgan fingerprint density at radius 1 is 1.53 bits per heavy atom. The second-order valence-electron chi connectivity index (χ2n) is 4.64. The van der Waals surface area contributed by atoms with Gasteiger partial charge in [-0.15, -0.1) is 0 Å². The number of fused-ring (bicyclic) bond motifs is 1. The second-order valence-corrected chi connectivity index (χ2v) is 4.64. The predicted octanol–water partition coefficient (Wildman–Crippen LogP) is -0.418. The van der Waals surface area contributed by atoms with Crippen LogP contribution in [0.25, 0.3) is 0 Å². The van der Waals surface area contributed by atoms with Gasteiger partial charge in [0, 0.05) is 24.8 Å². The molecule has 1 amide bonds. The van der Waals surface area contributed by atoms with Crippen LogP contribution in [-0.2, 0) is 14.3 Å². The van der Waals surface area contributed by atoms with Gasteiger partial charge in [0.1, 0.15) is 11.8 Å². The Morgan fingerprint density at radius 3 is 2.82 bits per heavy atom. The maximum absolute atomic E-state index is 11.9. The Hall–Kier alpha value is -1.33. The SMILES string of the molecule is BC(=O)N1C[C@@H]2C(=O)CC[C@@H]2[C@H]1C(=O)OCC. The molecule has 1 saturated heterocycles. The van der Waals surface area contributed by atoms with Gasteiger partial charge in [0.15, 0.2) is 5.81 Å². The van der Waals surface area contributed by atoms with E-state index in [0.29, 0.717) is 26.0 Å². The lowest BCUT2D eigenvalue weighted by Crippen LogP contribution is -2.43. The summed E-state index contributed by atoms with van der Waals surface area (Å²) in [5, 5.41) is 0. The molecule has 1 saturated carbocycles. The van der Waals surface area contributed by atoms with Crippen LogP contribution in [0.15, 0.2) is 0 Å². The molecule has 0 aromatic carbocycles. The lowest BCUT2D eigenvalue weighted by atomic mass is 9.93. The number of rotatable bonds is 2. The topological polar surface area (TPSA) is 63.7 Å². The van der Waals surface area contributed by atoms with Crippen molar-refractivity contribution in [2.24, 2.45) is 11.8 Å². The molecule has 0 N–H and O–H groups in total. The average Bonchev–Trinajstić information content (AvgIpc) is 2.79.